The zero-order valence-electron chi connectivity index (χ0n) is 21.3. The van der Waals surface area contributed by atoms with E-state index in [-0.39, 0.29) is 0 Å². The van der Waals surface area contributed by atoms with Crippen molar-refractivity contribution in [1.82, 2.24) is 4.90 Å². The summed E-state index contributed by atoms with van der Waals surface area (Å²) in [5, 5.41) is 0. The molecule has 182 valence electrons. The van der Waals surface area contributed by atoms with Gasteiger partial charge in [-0.2, -0.15) is 0 Å². The molecule has 3 rings (SSSR count). The van der Waals surface area contributed by atoms with Crippen molar-refractivity contribution < 1.29 is 4.74 Å². The molecule has 1 saturated heterocycles. The van der Waals surface area contributed by atoms with Crippen LogP contribution in [0.25, 0.3) is 0 Å². The summed E-state index contributed by atoms with van der Waals surface area (Å²) in [6.45, 7) is 14.5. The highest BCUT2D eigenvalue weighted by Gasteiger charge is 2.29. The molecule has 0 spiro atoms. The maximum atomic E-state index is 6.42. The van der Waals surface area contributed by atoms with Crippen LogP contribution in [0.4, 0.5) is 5.69 Å². The van der Waals surface area contributed by atoms with E-state index in [0.717, 1.165) is 50.9 Å². The second-order valence-corrected chi connectivity index (χ2v) is 11.3. The van der Waals surface area contributed by atoms with Gasteiger partial charge in [-0.3, -0.25) is 4.90 Å². The summed E-state index contributed by atoms with van der Waals surface area (Å²) in [6, 6.07) is 9.80. The van der Waals surface area contributed by atoms with Crippen molar-refractivity contribution >= 4 is 5.69 Å². The Labute approximate surface area is 197 Å². The molecule has 1 aromatic rings. The van der Waals surface area contributed by atoms with Gasteiger partial charge < -0.3 is 15.4 Å². The molecular weight excluding hydrogens is 394 g/mol. The van der Waals surface area contributed by atoms with E-state index < -0.39 is 0 Å². The second-order valence-electron chi connectivity index (χ2n) is 11.3. The number of ether oxygens (including phenoxy) is 1. The van der Waals surface area contributed by atoms with E-state index in [9.17, 15) is 0 Å². The summed E-state index contributed by atoms with van der Waals surface area (Å²) in [4.78, 5) is 5.24. The van der Waals surface area contributed by atoms with Crippen LogP contribution in [-0.4, -0.2) is 49.8 Å². The summed E-state index contributed by atoms with van der Waals surface area (Å²) in [7, 11) is 0. The van der Waals surface area contributed by atoms with E-state index >= 15 is 0 Å². The predicted octanol–water partition coefficient (Wildman–Crippen LogP) is 5.95. The number of hydrogen-bond acceptors (Lipinski definition) is 4. The third kappa shape index (κ3) is 8.26. The van der Waals surface area contributed by atoms with Gasteiger partial charge in [0.2, 0.25) is 0 Å². The van der Waals surface area contributed by atoms with Crippen molar-refractivity contribution in [2.75, 3.05) is 37.7 Å². The van der Waals surface area contributed by atoms with Crippen molar-refractivity contribution in [2.24, 2.45) is 23.5 Å². The first-order valence-corrected chi connectivity index (χ1v) is 13.4. The molecule has 4 heteroatoms. The molecule has 1 heterocycles. The maximum absolute atomic E-state index is 6.42. The highest BCUT2D eigenvalue weighted by molar-refractivity contribution is 5.50. The number of nitrogens with zero attached hydrogens (tertiary/aromatic N) is 2. The van der Waals surface area contributed by atoms with E-state index in [2.05, 4.69) is 61.8 Å². The molecule has 2 fully saturated rings. The number of likely N-dealkylation sites (tertiary alicyclic amines) is 1. The molecule has 1 aromatic carbocycles. The Hall–Kier alpha value is -1.26. The van der Waals surface area contributed by atoms with Crippen LogP contribution in [0.5, 0.6) is 5.75 Å². The second kappa shape index (κ2) is 12.8. The van der Waals surface area contributed by atoms with Crippen molar-refractivity contribution in [3.8, 4) is 5.75 Å². The molecule has 32 heavy (non-hydrogen) atoms. The van der Waals surface area contributed by atoms with Gasteiger partial charge in [0.15, 0.2) is 0 Å². The quantitative estimate of drug-likeness (QED) is 0.434. The molecule has 4 nitrogen and oxygen atoms in total. The average Bonchev–Trinajstić information content (AvgIpc) is 3.21. The van der Waals surface area contributed by atoms with Crippen LogP contribution in [0, 0.1) is 17.8 Å². The van der Waals surface area contributed by atoms with Crippen LogP contribution >= 0.6 is 0 Å². The number of rotatable bonds is 12. The summed E-state index contributed by atoms with van der Waals surface area (Å²) in [6.07, 6.45) is 10.4. The largest absolute Gasteiger partial charge is 0.493 e. The number of anilines is 1. The number of benzene rings is 1. The molecule has 2 atom stereocenters. The van der Waals surface area contributed by atoms with Gasteiger partial charge in [0, 0.05) is 44.0 Å². The van der Waals surface area contributed by atoms with Crippen LogP contribution < -0.4 is 15.4 Å². The van der Waals surface area contributed by atoms with Crippen LogP contribution in [0.2, 0.25) is 0 Å². The lowest BCUT2D eigenvalue weighted by molar-refractivity contribution is 0.209. The normalized spacial score (nSPS) is 21.4. The van der Waals surface area contributed by atoms with E-state index in [1.807, 2.05) is 0 Å². The van der Waals surface area contributed by atoms with Gasteiger partial charge in [-0.05, 0) is 74.1 Å². The van der Waals surface area contributed by atoms with Crippen LogP contribution in [-0.2, 0) is 0 Å². The van der Waals surface area contributed by atoms with Crippen molar-refractivity contribution in [3.63, 3.8) is 0 Å². The number of nitrogens with two attached hydrogens (primary N) is 1. The summed E-state index contributed by atoms with van der Waals surface area (Å²) < 4.78 is 6.16. The lowest BCUT2D eigenvalue weighted by Gasteiger charge is -2.32. The summed E-state index contributed by atoms with van der Waals surface area (Å²) in [5.74, 6) is 3.16. The maximum Gasteiger partial charge on any atom is 0.119 e. The van der Waals surface area contributed by atoms with Crippen molar-refractivity contribution in [1.29, 1.82) is 0 Å². The highest BCUT2D eigenvalue weighted by atomic mass is 16.5. The SMILES string of the molecule is CC(C)CCN(c1ccc(OCC2CCCCC2)cc1)C1CCN(CC(N)CC(C)C)C1. The summed E-state index contributed by atoms with van der Waals surface area (Å²) in [5.41, 5.74) is 7.76. The molecule has 0 aromatic heterocycles. The third-order valence-corrected chi connectivity index (χ3v) is 7.28. The van der Waals surface area contributed by atoms with E-state index in [1.54, 1.807) is 0 Å². The topological polar surface area (TPSA) is 41.7 Å². The first-order valence-electron chi connectivity index (χ1n) is 13.4. The Kier molecular flexibility index (Phi) is 10.2. The Bertz CT molecular complexity index is 639. The molecule has 1 saturated carbocycles. The summed E-state index contributed by atoms with van der Waals surface area (Å²) >= 11 is 0. The van der Waals surface area contributed by atoms with Gasteiger partial charge in [0.05, 0.1) is 6.61 Å². The minimum absolute atomic E-state index is 0.290. The van der Waals surface area contributed by atoms with Gasteiger partial charge in [-0.15, -0.1) is 0 Å². The van der Waals surface area contributed by atoms with Crippen molar-refractivity contribution in [3.05, 3.63) is 24.3 Å². The lowest BCUT2D eigenvalue weighted by Crippen LogP contribution is -2.41. The fraction of sp³-hybridized carbons (Fsp3) is 0.786. The molecule has 0 amide bonds. The molecule has 2 unspecified atom stereocenters. The van der Waals surface area contributed by atoms with Crippen molar-refractivity contribution in [2.45, 2.75) is 91.1 Å². The van der Waals surface area contributed by atoms with Crippen LogP contribution in [0.3, 0.4) is 0 Å². The Morgan fingerprint density at radius 1 is 1.00 bits per heavy atom. The first kappa shape index (κ1) is 25.4. The lowest BCUT2D eigenvalue weighted by atomic mass is 9.90. The van der Waals surface area contributed by atoms with E-state index in [1.165, 1.54) is 50.6 Å². The monoisotopic (exact) mass is 443 g/mol. The predicted molar refractivity (Wildman–Crippen MR) is 138 cm³/mol. The Balaban J connectivity index is 1.57. The van der Waals surface area contributed by atoms with E-state index in [4.69, 9.17) is 10.5 Å². The van der Waals surface area contributed by atoms with Crippen LogP contribution in [0.1, 0.15) is 79.1 Å². The molecule has 1 aliphatic heterocycles. The zero-order chi connectivity index (χ0) is 22.9. The van der Waals surface area contributed by atoms with Gasteiger partial charge in [-0.25, -0.2) is 0 Å². The number of hydrogen-bond donors (Lipinski definition) is 1. The average molecular weight is 444 g/mol. The Morgan fingerprint density at radius 3 is 2.38 bits per heavy atom. The molecule has 0 radical (unpaired) electrons. The molecule has 2 aliphatic rings. The van der Waals surface area contributed by atoms with Gasteiger partial charge in [0.25, 0.3) is 0 Å². The fourth-order valence-electron chi connectivity index (χ4n) is 5.47. The highest BCUT2D eigenvalue weighted by Crippen LogP contribution is 2.28. The molecule has 2 N–H and O–H groups in total. The minimum atomic E-state index is 0.290. The van der Waals surface area contributed by atoms with Crippen LogP contribution in [0.15, 0.2) is 24.3 Å². The van der Waals surface area contributed by atoms with Gasteiger partial charge >= 0.3 is 0 Å². The van der Waals surface area contributed by atoms with E-state index in [0.29, 0.717) is 23.9 Å². The Morgan fingerprint density at radius 2 is 1.72 bits per heavy atom. The zero-order valence-corrected chi connectivity index (χ0v) is 21.3. The van der Waals surface area contributed by atoms with Gasteiger partial charge in [-0.1, -0.05) is 47.0 Å². The third-order valence-electron chi connectivity index (χ3n) is 7.28. The van der Waals surface area contributed by atoms with Gasteiger partial charge in [0.1, 0.15) is 5.75 Å². The molecular formula is C28H49N3O. The first-order chi connectivity index (χ1) is 15.4. The standard InChI is InChI=1S/C28H49N3O/c1-22(2)14-17-31(27-15-16-30(20-27)19-25(29)18-23(3)4)26-10-12-28(13-11-26)32-21-24-8-6-5-7-9-24/h10-13,22-25,27H,5-9,14-21,29H2,1-4H3. The fourth-order valence-corrected chi connectivity index (χ4v) is 5.47. The smallest absolute Gasteiger partial charge is 0.119 e. The molecule has 0 bridgehead atoms. The molecule has 1 aliphatic carbocycles. The minimum Gasteiger partial charge on any atom is -0.493 e.